The van der Waals surface area contributed by atoms with Crippen LogP contribution in [0.15, 0.2) is 47.3 Å². The fourth-order valence-electron chi connectivity index (χ4n) is 3.49. The first-order valence-corrected chi connectivity index (χ1v) is 9.36. The molecule has 0 atom stereocenters. The van der Waals surface area contributed by atoms with Gasteiger partial charge in [0.05, 0.1) is 0 Å². The van der Waals surface area contributed by atoms with Crippen molar-refractivity contribution >= 4 is 32.8 Å². The Balaban J connectivity index is 1.48. The lowest BCUT2D eigenvalue weighted by Crippen LogP contribution is -2.35. The van der Waals surface area contributed by atoms with Crippen LogP contribution in [0.1, 0.15) is 31.4 Å². The van der Waals surface area contributed by atoms with E-state index in [1.807, 2.05) is 12.4 Å². The van der Waals surface area contributed by atoms with E-state index in [-0.39, 0.29) is 0 Å². The van der Waals surface area contributed by atoms with Gasteiger partial charge in [0.2, 0.25) is 5.95 Å². The highest BCUT2D eigenvalue weighted by Gasteiger charge is 2.22. The van der Waals surface area contributed by atoms with Gasteiger partial charge in [0.25, 0.3) is 0 Å². The van der Waals surface area contributed by atoms with E-state index in [0.29, 0.717) is 6.04 Å². The zero-order chi connectivity index (χ0) is 16.5. The van der Waals surface area contributed by atoms with Crippen molar-refractivity contribution in [3.05, 3.63) is 52.9 Å². The number of nitrogens with zero attached hydrogens (tertiary/aromatic N) is 4. The third kappa shape index (κ3) is 2.93. The number of halogens is 1. The Morgan fingerprint density at radius 2 is 1.88 bits per heavy atom. The SMILES string of the molecule is CCc1cnc(N2CCC(n3ccc4cc(Br)ccc43)CC2)nc1. The zero-order valence-electron chi connectivity index (χ0n) is 13.8. The highest BCUT2D eigenvalue weighted by molar-refractivity contribution is 9.10. The van der Waals surface area contributed by atoms with Gasteiger partial charge in [-0.1, -0.05) is 22.9 Å². The van der Waals surface area contributed by atoms with Crippen molar-refractivity contribution in [3.8, 4) is 0 Å². The van der Waals surface area contributed by atoms with Crippen LogP contribution in [0.25, 0.3) is 10.9 Å². The lowest BCUT2D eigenvalue weighted by molar-refractivity contribution is 0.402. The van der Waals surface area contributed by atoms with Gasteiger partial charge >= 0.3 is 0 Å². The van der Waals surface area contributed by atoms with Crippen LogP contribution in [-0.4, -0.2) is 27.6 Å². The van der Waals surface area contributed by atoms with Gasteiger partial charge < -0.3 is 9.47 Å². The maximum atomic E-state index is 4.52. The Bertz CT molecular complexity index is 832. The molecular formula is C19H21BrN4. The first-order chi connectivity index (χ1) is 11.7. The van der Waals surface area contributed by atoms with E-state index < -0.39 is 0 Å². The second-order valence-corrected chi connectivity index (χ2v) is 7.30. The molecule has 4 nitrogen and oxygen atoms in total. The normalized spacial score (nSPS) is 16.0. The minimum absolute atomic E-state index is 0.551. The number of hydrogen-bond donors (Lipinski definition) is 0. The van der Waals surface area contributed by atoms with Gasteiger partial charge in [-0.2, -0.15) is 0 Å². The summed E-state index contributed by atoms with van der Waals surface area (Å²) in [5.74, 6) is 0.868. The lowest BCUT2D eigenvalue weighted by Gasteiger charge is -2.33. The van der Waals surface area contributed by atoms with Crippen molar-refractivity contribution in [1.29, 1.82) is 0 Å². The van der Waals surface area contributed by atoms with E-state index in [0.717, 1.165) is 42.8 Å². The summed E-state index contributed by atoms with van der Waals surface area (Å²) in [7, 11) is 0. The smallest absolute Gasteiger partial charge is 0.225 e. The molecule has 2 aromatic heterocycles. The van der Waals surface area contributed by atoms with Gasteiger partial charge in [-0.25, -0.2) is 9.97 Å². The monoisotopic (exact) mass is 384 g/mol. The summed E-state index contributed by atoms with van der Waals surface area (Å²) in [6, 6.07) is 9.27. The number of fused-ring (bicyclic) bond motifs is 1. The predicted octanol–water partition coefficient (Wildman–Crippen LogP) is 4.60. The molecule has 5 heteroatoms. The highest BCUT2D eigenvalue weighted by Crippen LogP contribution is 2.30. The van der Waals surface area contributed by atoms with Gasteiger partial charge in [0.15, 0.2) is 0 Å². The number of rotatable bonds is 3. The molecule has 4 rings (SSSR count). The maximum Gasteiger partial charge on any atom is 0.225 e. The van der Waals surface area contributed by atoms with Crippen LogP contribution in [0.2, 0.25) is 0 Å². The molecule has 0 spiro atoms. The van der Waals surface area contributed by atoms with E-state index in [4.69, 9.17) is 0 Å². The van der Waals surface area contributed by atoms with Gasteiger partial charge in [-0.15, -0.1) is 0 Å². The molecular weight excluding hydrogens is 364 g/mol. The molecule has 0 aliphatic carbocycles. The van der Waals surface area contributed by atoms with Crippen molar-refractivity contribution in [1.82, 2.24) is 14.5 Å². The largest absolute Gasteiger partial charge is 0.344 e. The minimum atomic E-state index is 0.551. The number of aromatic nitrogens is 3. The van der Waals surface area contributed by atoms with Crippen LogP contribution in [-0.2, 0) is 6.42 Å². The predicted molar refractivity (Wildman–Crippen MR) is 102 cm³/mol. The summed E-state index contributed by atoms with van der Waals surface area (Å²) in [6.45, 7) is 4.14. The quantitative estimate of drug-likeness (QED) is 0.661. The Labute approximate surface area is 150 Å². The van der Waals surface area contributed by atoms with Crippen LogP contribution >= 0.6 is 15.9 Å². The van der Waals surface area contributed by atoms with Crippen LogP contribution in [0, 0.1) is 0 Å². The van der Waals surface area contributed by atoms with Crippen molar-refractivity contribution in [2.45, 2.75) is 32.2 Å². The number of anilines is 1. The topological polar surface area (TPSA) is 34.0 Å². The summed E-state index contributed by atoms with van der Waals surface area (Å²) in [6.07, 6.45) is 9.36. The van der Waals surface area contributed by atoms with Crippen molar-refractivity contribution in [3.63, 3.8) is 0 Å². The van der Waals surface area contributed by atoms with E-state index in [1.54, 1.807) is 0 Å². The van der Waals surface area contributed by atoms with E-state index in [2.05, 4.69) is 72.8 Å². The first kappa shape index (κ1) is 15.6. The van der Waals surface area contributed by atoms with Gasteiger partial charge in [-0.05, 0) is 49.1 Å². The Morgan fingerprint density at radius 3 is 2.58 bits per heavy atom. The lowest BCUT2D eigenvalue weighted by atomic mass is 10.0. The fourth-order valence-corrected chi connectivity index (χ4v) is 3.87. The Hall–Kier alpha value is -1.88. The van der Waals surface area contributed by atoms with E-state index in [1.165, 1.54) is 16.5 Å². The van der Waals surface area contributed by atoms with Crippen LogP contribution in [0.3, 0.4) is 0 Å². The zero-order valence-corrected chi connectivity index (χ0v) is 15.4. The van der Waals surface area contributed by atoms with Gasteiger partial charge in [0.1, 0.15) is 0 Å². The van der Waals surface area contributed by atoms with Crippen molar-refractivity contribution in [2.75, 3.05) is 18.0 Å². The standard InChI is InChI=1S/C19H21BrN4/c1-2-14-12-21-19(22-13-14)23-8-6-17(7-9-23)24-10-5-15-11-16(20)3-4-18(15)24/h3-5,10-13,17H,2,6-9H2,1H3. The number of benzene rings is 1. The maximum absolute atomic E-state index is 4.52. The number of aryl methyl sites for hydroxylation is 1. The molecule has 1 fully saturated rings. The number of piperidine rings is 1. The molecule has 1 aromatic carbocycles. The molecule has 1 saturated heterocycles. The molecule has 1 aliphatic heterocycles. The molecule has 0 amide bonds. The van der Waals surface area contributed by atoms with E-state index >= 15 is 0 Å². The van der Waals surface area contributed by atoms with Gasteiger partial charge in [-0.3, -0.25) is 0 Å². The number of hydrogen-bond acceptors (Lipinski definition) is 3. The summed E-state index contributed by atoms with van der Waals surface area (Å²) >= 11 is 3.55. The minimum Gasteiger partial charge on any atom is -0.344 e. The highest BCUT2D eigenvalue weighted by atomic mass is 79.9. The Kier molecular flexibility index (Phi) is 4.27. The Morgan fingerprint density at radius 1 is 1.12 bits per heavy atom. The molecule has 3 aromatic rings. The molecule has 0 bridgehead atoms. The molecule has 0 N–H and O–H groups in total. The van der Waals surface area contributed by atoms with Gasteiger partial charge in [0, 0.05) is 53.1 Å². The third-order valence-electron chi connectivity index (χ3n) is 4.92. The van der Waals surface area contributed by atoms with Crippen molar-refractivity contribution < 1.29 is 0 Å². The second kappa shape index (κ2) is 6.55. The average Bonchev–Trinajstić information content (AvgIpc) is 3.05. The van der Waals surface area contributed by atoms with E-state index in [9.17, 15) is 0 Å². The average molecular weight is 385 g/mol. The molecule has 124 valence electrons. The third-order valence-corrected chi connectivity index (χ3v) is 5.42. The van der Waals surface area contributed by atoms with Crippen molar-refractivity contribution in [2.24, 2.45) is 0 Å². The molecule has 0 radical (unpaired) electrons. The molecule has 0 saturated carbocycles. The fraction of sp³-hybridized carbons (Fsp3) is 0.368. The van der Waals surface area contributed by atoms with Crippen LogP contribution < -0.4 is 4.90 Å². The molecule has 1 aliphatic rings. The summed E-state index contributed by atoms with van der Waals surface area (Å²) in [5.41, 5.74) is 2.51. The molecule has 0 unspecified atom stereocenters. The summed E-state index contributed by atoms with van der Waals surface area (Å²) in [5, 5.41) is 1.30. The molecule has 3 heterocycles. The van der Waals surface area contributed by atoms with Crippen LogP contribution in [0.5, 0.6) is 0 Å². The van der Waals surface area contributed by atoms with Crippen LogP contribution in [0.4, 0.5) is 5.95 Å². The summed E-state index contributed by atoms with van der Waals surface area (Å²) in [4.78, 5) is 11.4. The first-order valence-electron chi connectivity index (χ1n) is 8.56. The summed E-state index contributed by atoms with van der Waals surface area (Å²) < 4.78 is 3.57. The second-order valence-electron chi connectivity index (χ2n) is 6.39. The molecule has 24 heavy (non-hydrogen) atoms.